The SMILES string of the molecule is O=C(c1ccc(Oc2nccs2)cc1)N1CC(CN2C(=O)COC2=O)C1. The van der Waals surface area contributed by atoms with Crippen LogP contribution in [0.1, 0.15) is 10.4 Å². The molecule has 3 heterocycles. The standard InChI is InChI=1S/C17H15N3O5S/c21-14-10-24-17(23)20(14)9-11-7-19(8-11)15(22)12-1-3-13(4-2-12)25-16-18-5-6-26-16/h1-6,11H,7-10H2. The number of hydrogen-bond donors (Lipinski definition) is 0. The van der Waals surface area contributed by atoms with Gasteiger partial charge in [-0.15, -0.1) is 0 Å². The number of rotatable bonds is 5. The van der Waals surface area contributed by atoms with Crippen LogP contribution in [0, 0.1) is 5.92 Å². The third kappa shape index (κ3) is 3.25. The van der Waals surface area contributed by atoms with Crippen LogP contribution in [0.15, 0.2) is 35.8 Å². The summed E-state index contributed by atoms with van der Waals surface area (Å²) in [6, 6.07) is 6.87. The van der Waals surface area contributed by atoms with E-state index in [0.29, 0.717) is 36.1 Å². The molecule has 3 amide bonds. The van der Waals surface area contributed by atoms with Crippen molar-refractivity contribution in [2.75, 3.05) is 26.2 Å². The summed E-state index contributed by atoms with van der Waals surface area (Å²) in [5.41, 5.74) is 0.562. The van der Waals surface area contributed by atoms with Gasteiger partial charge in [-0.1, -0.05) is 11.3 Å². The lowest BCUT2D eigenvalue weighted by molar-refractivity contribution is -0.126. The molecule has 2 aliphatic heterocycles. The first kappa shape index (κ1) is 16.5. The lowest BCUT2D eigenvalue weighted by atomic mass is 9.98. The van der Waals surface area contributed by atoms with E-state index in [2.05, 4.69) is 9.72 Å². The molecule has 0 atom stereocenters. The smallest absolute Gasteiger partial charge is 0.417 e. The van der Waals surface area contributed by atoms with Crippen molar-refractivity contribution in [2.24, 2.45) is 5.92 Å². The molecule has 26 heavy (non-hydrogen) atoms. The van der Waals surface area contributed by atoms with Crippen molar-refractivity contribution in [2.45, 2.75) is 0 Å². The van der Waals surface area contributed by atoms with E-state index in [9.17, 15) is 14.4 Å². The maximum atomic E-state index is 12.5. The molecular weight excluding hydrogens is 358 g/mol. The number of carbonyl (C=O) groups excluding carboxylic acids is 3. The molecule has 134 valence electrons. The summed E-state index contributed by atoms with van der Waals surface area (Å²) in [5, 5.41) is 2.37. The van der Waals surface area contributed by atoms with Crippen LogP contribution in [0.4, 0.5) is 4.79 Å². The van der Waals surface area contributed by atoms with Crippen LogP contribution in [-0.4, -0.2) is 58.9 Å². The Morgan fingerprint density at radius 1 is 1.27 bits per heavy atom. The van der Waals surface area contributed by atoms with E-state index in [4.69, 9.17) is 4.74 Å². The molecule has 0 aliphatic carbocycles. The van der Waals surface area contributed by atoms with Gasteiger partial charge in [0.1, 0.15) is 5.75 Å². The van der Waals surface area contributed by atoms with Crippen LogP contribution in [0.2, 0.25) is 0 Å². The summed E-state index contributed by atoms with van der Waals surface area (Å²) in [7, 11) is 0. The van der Waals surface area contributed by atoms with Crippen LogP contribution >= 0.6 is 11.3 Å². The number of imide groups is 1. The molecule has 2 aromatic rings. The summed E-state index contributed by atoms with van der Waals surface area (Å²) in [4.78, 5) is 42.3. The lowest BCUT2D eigenvalue weighted by Gasteiger charge is -2.40. The summed E-state index contributed by atoms with van der Waals surface area (Å²) in [6.45, 7) is 1.12. The van der Waals surface area contributed by atoms with Gasteiger partial charge in [-0.2, -0.15) is 0 Å². The fourth-order valence-electron chi connectivity index (χ4n) is 2.88. The van der Waals surface area contributed by atoms with Gasteiger partial charge in [-0.25, -0.2) is 14.7 Å². The molecule has 2 fully saturated rings. The van der Waals surface area contributed by atoms with E-state index >= 15 is 0 Å². The highest BCUT2D eigenvalue weighted by Gasteiger charge is 2.38. The molecule has 9 heteroatoms. The zero-order chi connectivity index (χ0) is 18.1. The predicted octanol–water partition coefficient (Wildman–Crippen LogP) is 1.99. The average Bonchev–Trinajstić information content (AvgIpc) is 3.22. The molecule has 0 bridgehead atoms. The second-order valence-electron chi connectivity index (χ2n) is 6.06. The van der Waals surface area contributed by atoms with E-state index in [-0.39, 0.29) is 24.3 Å². The van der Waals surface area contributed by atoms with E-state index < -0.39 is 6.09 Å². The Morgan fingerprint density at radius 2 is 2.04 bits per heavy atom. The van der Waals surface area contributed by atoms with Gasteiger partial charge in [-0.05, 0) is 24.3 Å². The number of ether oxygens (including phenoxy) is 2. The Kier molecular flexibility index (Phi) is 4.29. The van der Waals surface area contributed by atoms with Crippen LogP contribution in [0.25, 0.3) is 0 Å². The molecule has 0 N–H and O–H groups in total. The topological polar surface area (TPSA) is 89.0 Å². The number of amides is 3. The van der Waals surface area contributed by atoms with Gasteiger partial charge in [-0.3, -0.25) is 9.59 Å². The zero-order valence-electron chi connectivity index (χ0n) is 13.7. The Hall–Kier alpha value is -2.94. The van der Waals surface area contributed by atoms with Gasteiger partial charge in [0, 0.05) is 42.7 Å². The predicted molar refractivity (Wildman–Crippen MR) is 91.1 cm³/mol. The molecular formula is C17H15N3O5S. The zero-order valence-corrected chi connectivity index (χ0v) is 14.5. The molecule has 0 radical (unpaired) electrons. The fourth-order valence-corrected chi connectivity index (χ4v) is 3.38. The van der Waals surface area contributed by atoms with Gasteiger partial charge in [0.05, 0.1) is 0 Å². The number of carbonyl (C=O) groups is 3. The van der Waals surface area contributed by atoms with Crippen LogP contribution in [-0.2, 0) is 9.53 Å². The van der Waals surface area contributed by atoms with Crippen molar-refractivity contribution in [3.05, 3.63) is 41.4 Å². The number of cyclic esters (lactones) is 1. The summed E-state index contributed by atoms with van der Waals surface area (Å²) >= 11 is 1.39. The monoisotopic (exact) mass is 373 g/mol. The van der Waals surface area contributed by atoms with Gasteiger partial charge < -0.3 is 14.4 Å². The molecule has 0 saturated carbocycles. The molecule has 0 unspecified atom stereocenters. The van der Waals surface area contributed by atoms with Gasteiger partial charge >= 0.3 is 6.09 Å². The minimum atomic E-state index is -0.601. The van der Waals surface area contributed by atoms with Gasteiger partial charge in [0.25, 0.3) is 17.0 Å². The summed E-state index contributed by atoms with van der Waals surface area (Å²) < 4.78 is 10.2. The fraction of sp³-hybridized carbons (Fsp3) is 0.294. The third-order valence-electron chi connectivity index (χ3n) is 4.24. The van der Waals surface area contributed by atoms with Crippen molar-refractivity contribution in [1.29, 1.82) is 0 Å². The number of nitrogens with zero attached hydrogens (tertiary/aromatic N) is 3. The lowest BCUT2D eigenvalue weighted by Crippen LogP contribution is -2.54. The van der Waals surface area contributed by atoms with Crippen molar-refractivity contribution in [1.82, 2.24) is 14.8 Å². The van der Waals surface area contributed by atoms with Crippen LogP contribution in [0.5, 0.6) is 10.9 Å². The van der Waals surface area contributed by atoms with Gasteiger partial charge in [0.2, 0.25) is 0 Å². The second-order valence-corrected chi connectivity index (χ2v) is 6.92. The number of aromatic nitrogens is 1. The van der Waals surface area contributed by atoms with Crippen molar-refractivity contribution in [3.8, 4) is 10.9 Å². The van der Waals surface area contributed by atoms with Crippen molar-refractivity contribution < 1.29 is 23.9 Å². The first-order valence-electron chi connectivity index (χ1n) is 8.04. The molecule has 2 saturated heterocycles. The highest BCUT2D eigenvalue weighted by molar-refractivity contribution is 7.11. The van der Waals surface area contributed by atoms with Crippen molar-refractivity contribution in [3.63, 3.8) is 0 Å². The number of hydrogen-bond acceptors (Lipinski definition) is 7. The average molecular weight is 373 g/mol. The molecule has 8 nitrogen and oxygen atoms in total. The number of likely N-dealkylation sites (tertiary alicyclic amines) is 1. The van der Waals surface area contributed by atoms with E-state index in [0.717, 1.165) is 4.90 Å². The largest absolute Gasteiger partial charge is 0.439 e. The van der Waals surface area contributed by atoms with E-state index in [1.807, 2.05) is 5.38 Å². The number of benzene rings is 1. The Balaban J connectivity index is 1.30. The van der Waals surface area contributed by atoms with Crippen molar-refractivity contribution >= 4 is 29.2 Å². The number of thiazole rings is 1. The highest BCUT2D eigenvalue weighted by atomic mass is 32.1. The van der Waals surface area contributed by atoms with Gasteiger partial charge in [0.15, 0.2) is 6.61 Å². The van der Waals surface area contributed by atoms with Crippen LogP contribution in [0.3, 0.4) is 0 Å². The molecule has 1 aromatic carbocycles. The normalized spacial score (nSPS) is 17.2. The second kappa shape index (κ2) is 6.75. The molecule has 2 aliphatic rings. The Labute approximate surface area is 152 Å². The quantitative estimate of drug-likeness (QED) is 0.796. The van der Waals surface area contributed by atoms with E-state index in [1.54, 1.807) is 35.4 Å². The molecule has 0 spiro atoms. The summed E-state index contributed by atoms with van der Waals surface area (Å²) in [6.07, 6.45) is 1.06. The van der Waals surface area contributed by atoms with E-state index in [1.165, 1.54) is 11.3 Å². The molecule has 1 aromatic heterocycles. The third-order valence-corrected chi connectivity index (χ3v) is 4.89. The molecule has 4 rings (SSSR count). The minimum absolute atomic E-state index is 0.0843. The first-order chi connectivity index (χ1) is 12.6. The maximum Gasteiger partial charge on any atom is 0.417 e. The maximum absolute atomic E-state index is 12.5. The highest BCUT2D eigenvalue weighted by Crippen LogP contribution is 2.25. The van der Waals surface area contributed by atoms with Crippen LogP contribution < -0.4 is 4.74 Å². The summed E-state index contributed by atoms with van der Waals surface area (Å²) in [5.74, 6) is 0.290. The minimum Gasteiger partial charge on any atom is -0.439 e. The first-order valence-corrected chi connectivity index (χ1v) is 8.92. The Bertz CT molecular complexity index is 815. The Morgan fingerprint density at radius 3 is 2.65 bits per heavy atom.